The first kappa shape index (κ1) is 20.9. The molecule has 0 fully saturated rings. The van der Waals surface area contributed by atoms with Gasteiger partial charge in [-0.05, 0) is 12.8 Å². The monoisotopic (exact) mass is 314 g/mol. The molecule has 0 saturated carbocycles. The van der Waals surface area contributed by atoms with E-state index in [0.29, 0.717) is 11.3 Å². The molecule has 0 aromatic heterocycles. The Bertz CT molecular complexity index is 234. The predicted molar refractivity (Wildman–Crippen MR) is 98.4 cm³/mol. The zero-order chi connectivity index (χ0) is 15.4. The van der Waals surface area contributed by atoms with Crippen molar-refractivity contribution in [3.8, 4) is 0 Å². The fourth-order valence-electron chi connectivity index (χ4n) is 2.82. The van der Waals surface area contributed by atoms with Gasteiger partial charge in [0.25, 0.3) is 0 Å². The van der Waals surface area contributed by atoms with Gasteiger partial charge in [0, 0.05) is 5.37 Å². The van der Waals surface area contributed by atoms with Gasteiger partial charge in [-0.1, -0.05) is 103 Å². The van der Waals surface area contributed by atoms with E-state index in [-0.39, 0.29) is 0 Å². The van der Waals surface area contributed by atoms with Crippen LogP contribution in [0.1, 0.15) is 116 Å². The molecule has 0 heterocycles. The van der Waals surface area contributed by atoms with Gasteiger partial charge >= 0.3 is 0 Å². The Labute approximate surface area is 137 Å². The van der Waals surface area contributed by atoms with Crippen molar-refractivity contribution < 1.29 is 4.21 Å². The molecule has 0 aliphatic rings. The molecule has 0 rings (SSSR count). The van der Waals surface area contributed by atoms with Crippen LogP contribution in [-0.4, -0.2) is 9.58 Å². The lowest BCUT2D eigenvalue weighted by Crippen LogP contribution is -1.84. The highest BCUT2D eigenvalue weighted by Gasteiger charge is 1.94. The maximum absolute atomic E-state index is 10.2. The molecule has 1 nitrogen and oxygen atoms in total. The summed E-state index contributed by atoms with van der Waals surface area (Å²) in [5, 5.41) is 1.78. The van der Waals surface area contributed by atoms with Crippen LogP contribution in [0.3, 0.4) is 0 Å². The number of unbranched alkanes of at least 4 members (excludes halogenated alkanes) is 16. The normalized spacial score (nSPS) is 10.7. The fourth-order valence-corrected chi connectivity index (χ4v) is 3.09. The molecule has 21 heavy (non-hydrogen) atoms. The first-order valence-corrected chi connectivity index (χ1v) is 10.3. The average molecular weight is 315 g/mol. The molecule has 0 atom stereocenters. The first-order chi connectivity index (χ1) is 10.4. The van der Waals surface area contributed by atoms with Crippen molar-refractivity contribution in [2.75, 3.05) is 0 Å². The zero-order valence-corrected chi connectivity index (χ0v) is 15.2. The topological polar surface area (TPSA) is 17.1 Å². The highest BCUT2D eigenvalue weighted by atomic mass is 32.1. The number of hydrogen-bond donors (Lipinski definition) is 0. The third-order valence-corrected chi connectivity index (χ3v) is 4.62. The van der Waals surface area contributed by atoms with E-state index in [0.717, 1.165) is 6.42 Å². The molecule has 0 radical (unpaired) electrons. The van der Waals surface area contributed by atoms with E-state index in [1.54, 1.807) is 5.37 Å². The van der Waals surface area contributed by atoms with Crippen molar-refractivity contribution in [2.24, 2.45) is 0 Å². The fraction of sp³-hybridized carbons (Fsp3) is 0.947. The van der Waals surface area contributed by atoms with Gasteiger partial charge in [-0.25, -0.2) is 4.21 Å². The van der Waals surface area contributed by atoms with Gasteiger partial charge in [0.1, 0.15) is 0 Å². The summed E-state index contributed by atoms with van der Waals surface area (Å²) in [4.78, 5) is 0. The Kier molecular flexibility index (Phi) is 19.8. The van der Waals surface area contributed by atoms with Gasteiger partial charge in [-0.2, -0.15) is 0 Å². The Morgan fingerprint density at radius 2 is 0.905 bits per heavy atom. The van der Waals surface area contributed by atoms with Crippen LogP contribution in [0, 0.1) is 0 Å². The molecule has 0 aromatic carbocycles. The van der Waals surface area contributed by atoms with Crippen molar-refractivity contribution in [3.63, 3.8) is 0 Å². The maximum atomic E-state index is 10.2. The molecule has 0 amide bonds. The summed E-state index contributed by atoms with van der Waals surface area (Å²) < 4.78 is 10.2. The minimum Gasteiger partial charge on any atom is -0.213 e. The highest BCUT2D eigenvalue weighted by Crippen LogP contribution is 2.13. The van der Waals surface area contributed by atoms with E-state index in [1.165, 1.54) is 103 Å². The van der Waals surface area contributed by atoms with Crippen molar-refractivity contribution in [1.82, 2.24) is 0 Å². The van der Waals surface area contributed by atoms with Gasteiger partial charge in [0.05, 0.1) is 11.3 Å². The van der Waals surface area contributed by atoms with Crippen LogP contribution in [0.15, 0.2) is 0 Å². The number of rotatable bonds is 17. The second-order valence-corrected chi connectivity index (χ2v) is 6.88. The molecule has 0 saturated heterocycles. The van der Waals surface area contributed by atoms with E-state index >= 15 is 0 Å². The predicted octanol–water partition coefficient (Wildman–Crippen LogP) is 6.65. The van der Waals surface area contributed by atoms with Gasteiger partial charge in [0.2, 0.25) is 0 Å². The Balaban J connectivity index is 2.94. The molecule has 0 N–H and O–H groups in total. The lowest BCUT2D eigenvalue weighted by molar-refractivity contribution is 0.530. The van der Waals surface area contributed by atoms with E-state index in [1.807, 2.05) is 0 Å². The van der Waals surface area contributed by atoms with Gasteiger partial charge < -0.3 is 0 Å². The molecule has 0 bridgehead atoms. The van der Waals surface area contributed by atoms with Crippen molar-refractivity contribution in [3.05, 3.63) is 0 Å². The summed E-state index contributed by atoms with van der Waals surface area (Å²) in [7, 11) is 0. The van der Waals surface area contributed by atoms with Gasteiger partial charge in [-0.15, -0.1) is 0 Å². The lowest BCUT2D eigenvalue weighted by atomic mass is 10.0. The molecule has 126 valence electrons. The highest BCUT2D eigenvalue weighted by molar-refractivity contribution is 7.64. The molecular weight excluding hydrogens is 276 g/mol. The minimum absolute atomic E-state index is 0.614. The van der Waals surface area contributed by atoms with Crippen LogP contribution in [0.4, 0.5) is 0 Å². The Morgan fingerprint density at radius 3 is 1.24 bits per heavy atom. The van der Waals surface area contributed by atoms with Crippen LogP contribution in [0.5, 0.6) is 0 Å². The minimum atomic E-state index is 0.614. The molecule has 0 aliphatic carbocycles. The summed E-state index contributed by atoms with van der Waals surface area (Å²) in [6, 6.07) is 0. The lowest BCUT2D eigenvalue weighted by Gasteiger charge is -2.03. The average Bonchev–Trinajstić information content (AvgIpc) is 2.50. The molecular formula is C19H38OS. The zero-order valence-electron chi connectivity index (χ0n) is 14.4. The third kappa shape index (κ3) is 19.9. The molecule has 0 aliphatic heterocycles. The van der Waals surface area contributed by atoms with E-state index in [4.69, 9.17) is 0 Å². The summed E-state index contributed by atoms with van der Waals surface area (Å²) >= 11 is 0.614. The van der Waals surface area contributed by atoms with E-state index in [2.05, 4.69) is 6.92 Å². The second-order valence-electron chi connectivity index (χ2n) is 6.35. The van der Waals surface area contributed by atoms with E-state index in [9.17, 15) is 4.21 Å². The maximum Gasteiger partial charge on any atom is 0.0841 e. The summed E-state index contributed by atoms with van der Waals surface area (Å²) in [5.74, 6) is 0. The Hall–Kier alpha value is -0.110. The van der Waals surface area contributed by atoms with Crippen LogP contribution in [-0.2, 0) is 11.3 Å². The van der Waals surface area contributed by atoms with Gasteiger partial charge in [-0.3, -0.25) is 0 Å². The van der Waals surface area contributed by atoms with Crippen molar-refractivity contribution in [2.45, 2.75) is 116 Å². The standard InChI is InChI=1S/C19H38OS/c1-2-3-4-5-6-7-8-9-10-11-12-13-14-15-16-17-18-19-21-20/h19H,2-18H2,1H3. The van der Waals surface area contributed by atoms with Crippen LogP contribution >= 0.6 is 0 Å². The SMILES string of the molecule is CCCCCCCCCCCCCCCCCCC=S=O. The van der Waals surface area contributed by atoms with Gasteiger partial charge in [0.15, 0.2) is 0 Å². The van der Waals surface area contributed by atoms with E-state index < -0.39 is 0 Å². The molecule has 2 heteroatoms. The van der Waals surface area contributed by atoms with Crippen molar-refractivity contribution in [1.29, 1.82) is 0 Å². The van der Waals surface area contributed by atoms with Crippen LogP contribution < -0.4 is 0 Å². The summed E-state index contributed by atoms with van der Waals surface area (Å²) in [6.45, 7) is 2.28. The summed E-state index contributed by atoms with van der Waals surface area (Å²) in [6.07, 6.45) is 23.5. The number of hydrogen-bond acceptors (Lipinski definition) is 1. The summed E-state index contributed by atoms with van der Waals surface area (Å²) in [5.41, 5.74) is 0. The smallest absolute Gasteiger partial charge is 0.0841 e. The van der Waals surface area contributed by atoms with Crippen LogP contribution in [0.25, 0.3) is 0 Å². The van der Waals surface area contributed by atoms with Crippen molar-refractivity contribution >= 4 is 16.6 Å². The quantitative estimate of drug-likeness (QED) is 0.217. The molecule has 0 unspecified atom stereocenters. The van der Waals surface area contributed by atoms with Crippen LogP contribution in [0.2, 0.25) is 0 Å². The Morgan fingerprint density at radius 1 is 0.571 bits per heavy atom. The third-order valence-electron chi connectivity index (χ3n) is 4.24. The molecule has 0 aromatic rings. The first-order valence-electron chi connectivity index (χ1n) is 9.52. The largest absolute Gasteiger partial charge is 0.213 e. The second kappa shape index (κ2) is 19.9. The molecule has 0 spiro atoms.